The number of rotatable bonds is 3. The molecule has 1 N–H and O–H groups in total. The lowest BCUT2D eigenvalue weighted by Gasteiger charge is -2.28. The molecule has 1 saturated carbocycles. The number of aliphatic hydroxyl groups excluding tert-OH is 1. The summed E-state index contributed by atoms with van der Waals surface area (Å²) in [5.41, 5.74) is 0.251. The Balaban J connectivity index is 1.75. The Morgan fingerprint density at radius 2 is 1.88 bits per heavy atom. The van der Waals surface area contributed by atoms with Gasteiger partial charge in [-0.05, 0) is 43.9 Å². The lowest BCUT2D eigenvalue weighted by atomic mass is 9.86. The van der Waals surface area contributed by atoms with Gasteiger partial charge in [-0.3, -0.25) is 0 Å². The summed E-state index contributed by atoms with van der Waals surface area (Å²) in [6.07, 6.45) is 9.80. The molecule has 100 valence electrons. The Hall–Kier alpha value is -0.0800. The summed E-state index contributed by atoms with van der Waals surface area (Å²) in [4.78, 5) is 0. The molecule has 1 aliphatic heterocycles. The quantitative estimate of drug-likeness (QED) is 0.815. The molecule has 1 heterocycles. The first-order valence-corrected chi connectivity index (χ1v) is 7.27. The summed E-state index contributed by atoms with van der Waals surface area (Å²) in [6, 6.07) is 0. The van der Waals surface area contributed by atoms with Crippen LogP contribution < -0.4 is 0 Å². The molecule has 0 aromatic heterocycles. The van der Waals surface area contributed by atoms with E-state index in [0.29, 0.717) is 6.10 Å². The van der Waals surface area contributed by atoms with Crippen molar-refractivity contribution in [2.24, 2.45) is 5.41 Å². The molecule has 2 unspecified atom stereocenters. The number of hydrogen-bond acceptors (Lipinski definition) is 2. The molecule has 17 heavy (non-hydrogen) atoms. The molecule has 1 spiro atoms. The molecule has 0 aromatic rings. The van der Waals surface area contributed by atoms with E-state index in [1.165, 1.54) is 38.5 Å². The van der Waals surface area contributed by atoms with Crippen molar-refractivity contribution in [1.29, 1.82) is 0 Å². The maximum atomic E-state index is 10.0. The summed E-state index contributed by atoms with van der Waals surface area (Å²) in [6.45, 7) is 6.31. The van der Waals surface area contributed by atoms with Gasteiger partial charge in [0.05, 0.1) is 17.8 Å². The van der Waals surface area contributed by atoms with Crippen LogP contribution in [0.1, 0.15) is 72.1 Å². The molecule has 0 aromatic carbocycles. The maximum absolute atomic E-state index is 10.0. The van der Waals surface area contributed by atoms with Crippen molar-refractivity contribution in [2.45, 2.75) is 89.9 Å². The van der Waals surface area contributed by atoms with E-state index < -0.39 is 0 Å². The van der Waals surface area contributed by atoms with Gasteiger partial charge in [0.15, 0.2) is 0 Å². The van der Waals surface area contributed by atoms with Crippen molar-refractivity contribution in [3.05, 3.63) is 0 Å². The van der Waals surface area contributed by atoms with Crippen LogP contribution in [0.25, 0.3) is 0 Å². The fourth-order valence-electron chi connectivity index (χ4n) is 3.26. The third-order valence-electron chi connectivity index (χ3n) is 4.62. The molecule has 1 aliphatic carbocycles. The minimum Gasteiger partial charge on any atom is -0.393 e. The summed E-state index contributed by atoms with van der Waals surface area (Å²) in [7, 11) is 0. The van der Waals surface area contributed by atoms with Crippen molar-refractivity contribution >= 4 is 0 Å². The van der Waals surface area contributed by atoms with E-state index in [0.717, 1.165) is 12.8 Å². The first-order valence-electron chi connectivity index (χ1n) is 7.27. The van der Waals surface area contributed by atoms with E-state index in [-0.39, 0.29) is 17.1 Å². The molecule has 0 radical (unpaired) electrons. The van der Waals surface area contributed by atoms with Gasteiger partial charge in [-0.25, -0.2) is 0 Å². The van der Waals surface area contributed by atoms with E-state index in [4.69, 9.17) is 4.74 Å². The Morgan fingerprint density at radius 3 is 2.47 bits per heavy atom. The first-order chi connectivity index (χ1) is 7.91. The fourth-order valence-corrected chi connectivity index (χ4v) is 3.26. The number of aliphatic hydroxyl groups is 1. The van der Waals surface area contributed by atoms with Crippen LogP contribution in [0.2, 0.25) is 0 Å². The highest BCUT2D eigenvalue weighted by molar-refractivity contribution is 4.93. The maximum Gasteiger partial charge on any atom is 0.0687 e. The predicted octanol–water partition coefficient (Wildman–Crippen LogP) is 3.67. The van der Waals surface area contributed by atoms with Crippen molar-refractivity contribution in [2.75, 3.05) is 0 Å². The van der Waals surface area contributed by atoms with Crippen LogP contribution in [0.5, 0.6) is 0 Å². The SMILES string of the molecule is CC(C)(C)C(O)CCC1CCC2(CCCC2)O1. The summed E-state index contributed by atoms with van der Waals surface area (Å²) in [5, 5.41) is 10.0. The topological polar surface area (TPSA) is 29.5 Å². The lowest BCUT2D eigenvalue weighted by molar-refractivity contribution is -0.0472. The first kappa shape index (κ1) is 13.4. The van der Waals surface area contributed by atoms with Gasteiger partial charge in [0.2, 0.25) is 0 Å². The molecule has 0 bridgehead atoms. The van der Waals surface area contributed by atoms with E-state index in [9.17, 15) is 5.11 Å². The Bertz CT molecular complexity index is 248. The molecule has 0 amide bonds. The highest BCUT2D eigenvalue weighted by atomic mass is 16.5. The average Bonchev–Trinajstić information content (AvgIpc) is 2.85. The van der Waals surface area contributed by atoms with E-state index in [2.05, 4.69) is 20.8 Å². The average molecular weight is 240 g/mol. The van der Waals surface area contributed by atoms with Crippen molar-refractivity contribution < 1.29 is 9.84 Å². The zero-order valence-corrected chi connectivity index (χ0v) is 11.7. The summed E-state index contributed by atoms with van der Waals surface area (Å²) < 4.78 is 6.26. The molecule has 2 atom stereocenters. The molecular weight excluding hydrogens is 212 g/mol. The van der Waals surface area contributed by atoms with Gasteiger partial charge < -0.3 is 9.84 Å². The zero-order valence-electron chi connectivity index (χ0n) is 11.7. The fraction of sp³-hybridized carbons (Fsp3) is 1.00. The van der Waals surface area contributed by atoms with Gasteiger partial charge >= 0.3 is 0 Å². The van der Waals surface area contributed by atoms with Crippen LogP contribution in [0.3, 0.4) is 0 Å². The largest absolute Gasteiger partial charge is 0.393 e. The van der Waals surface area contributed by atoms with Gasteiger partial charge in [0.25, 0.3) is 0 Å². The number of ether oxygens (including phenoxy) is 1. The zero-order chi connectivity index (χ0) is 12.5. The van der Waals surface area contributed by atoms with Crippen molar-refractivity contribution in [3.8, 4) is 0 Å². The molecule has 2 nitrogen and oxygen atoms in total. The van der Waals surface area contributed by atoms with Crippen molar-refractivity contribution in [3.63, 3.8) is 0 Å². The van der Waals surface area contributed by atoms with E-state index in [1.807, 2.05) is 0 Å². The van der Waals surface area contributed by atoms with E-state index in [1.54, 1.807) is 0 Å². The van der Waals surface area contributed by atoms with Crippen LogP contribution in [-0.2, 0) is 4.74 Å². The minimum atomic E-state index is -0.203. The molecule has 2 fully saturated rings. The molecule has 2 rings (SSSR count). The second-order valence-corrected chi connectivity index (χ2v) is 7.13. The monoisotopic (exact) mass is 240 g/mol. The summed E-state index contributed by atoms with van der Waals surface area (Å²) >= 11 is 0. The summed E-state index contributed by atoms with van der Waals surface area (Å²) in [5.74, 6) is 0. The van der Waals surface area contributed by atoms with Gasteiger partial charge in [-0.2, -0.15) is 0 Å². The highest BCUT2D eigenvalue weighted by Crippen LogP contribution is 2.44. The molecule has 1 saturated heterocycles. The van der Waals surface area contributed by atoms with Crippen LogP contribution in [0.15, 0.2) is 0 Å². The van der Waals surface area contributed by atoms with Gasteiger partial charge in [0, 0.05) is 0 Å². The van der Waals surface area contributed by atoms with Crippen LogP contribution in [-0.4, -0.2) is 22.9 Å². The van der Waals surface area contributed by atoms with Gasteiger partial charge in [0.1, 0.15) is 0 Å². The third-order valence-corrected chi connectivity index (χ3v) is 4.62. The Labute approximate surface area is 106 Å². The van der Waals surface area contributed by atoms with Crippen molar-refractivity contribution in [1.82, 2.24) is 0 Å². The third kappa shape index (κ3) is 3.23. The van der Waals surface area contributed by atoms with Crippen LogP contribution in [0.4, 0.5) is 0 Å². The molecule has 2 heteroatoms. The minimum absolute atomic E-state index is 0.00362. The smallest absolute Gasteiger partial charge is 0.0687 e. The molecular formula is C15H28O2. The van der Waals surface area contributed by atoms with Crippen LogP contribution in [0, 0.1) is 5.41 Å². The predicted molar refractivity (Wildman–Crippen MR) is 70.0 cm³/mol. The highest BCUT2D eigenvalue weighted by Gasteiger charge is 2.42. The van der Waals surface area contributed by atoms with Crippen LogP contribution >= 0.6 is 0 Å². The standard InChI is InChI=1S/C15H28O2/c1-14(2,3)13(16)7-6-12-8-11-15(17-12)9-4-5-10-15/h12-13,16H,4-11H2,1-3H3. The molecule has 2 aliphatic rings. The van der Waals surface area contributed by atoms with E-state index >= 15 is 0 Å². The number of hydrogen-bond donors (Lipinski definition) is 1. The lowest BCUT2D eigenvalue weighted by Crippen LogP contribution is -2.28. The second kappa shape index (κ2) is 4.89. The normalized spacial score (nSPS) is 30.0. The van der Waals surface area contributed by atoms with Gasteiger partial charge in [-0.15, -0.1) is 0 Å². The Morgan fingerprint density at radius 1 is 1.24 bits per heavy atom. The van der Waals surface area contributed by atoms with Gasteiger partial charge in [-0.1, -0.05) is 33.6 Å². The Kier molecular flexibility index (Phi) is 3.84. The second-order valence-electron chi connectivity index (χ2n) is 7.13.